The molecule has 1 saturated carbocycles. The van der Waals surface area contributed by atoms with E-state index in [0.717, 1.165) is 43.9 Å². The van der Waals surface area contributed by atoms with Crippen molar-refractivity contribution in [2.75, 3.05) is 5.88 Å². The van der Waals surface area contributed by atoms with Crippen LogP contribution < -0.4 is 0 Å². The van der Waals surface area contributed by atoms with Crippen LogP contribution in [0.2, 0.25) is 0 Å². The molecule has 0 saturated heterocycles. The van der Waals surface area contributed by atoms with Gasteiger partial charge >= 0.3 is 0 Å². The van der Waals surface area contributed by atoms with Crippen molar-refractivity contribution in [1.82, 2.24) is 0 Å². The minimum Gasteiger partial charge on any atom is -0.300 e. The zero-order valence-corrected chi connectivity index (χ0v) is 6.86. The predicted octanol–water partition coefficient (Wildman–Crippen LogP) is 2.37. The summed E-state index contributed by atoms with van der Waals surface area (Å²) >= 11 is 5.59. The third kappa shape index (κ3) is 2.30. The van der Waals surface area contributed by atoms with E-state index in [4.69, 9.17) is 11.6 Å². The van der Waals surface area contributed by atoms with Crippen LogP contribution >= 0.6 is 11.6 Å². The van der Waals surface area contributed by atoms with E-state index in [1.807, 2.05) is 0 Å². The van der Waals surface area contributed by atoms with Gasteiger partial charge in [-0.3, -0.25) is 4.79 Å². The zero-order valence-electron chi connectivity index (χ0n) is 6.11. The summed E-state index contributed by atoms with van der Waals surface area (Å²) in [5.41, 5.74) is 0. The Morgan fingerprint density at radius 2 is 2.00 bits per heavy atom. The monoisotopic (exact) mass is 160 g/mol. The number of alkyl halides is 1. The van der Waals surface area contributed by atoms with Crippen LogP contribution in [0.5, 0.6) is 0 Å². The van der Waals surface area contributed by atoms with E-state index in [1.54, 1.807) is 0 Å². The maximum atomic E-state index is 10.8. The number of hydrogen-bond donors (Lipinski definition) is 0. The lowest BCUT2D eigenvalue weighted by Crippen LogP contribution is -2.13. The zero-order chi connectivity index (χ0) is 7.40. The van der Waals surface area contributed by atoms with E-state index in [-0.39, 0.29) is 0 Å². The first-order valence-corrected chi connectivity index (χ1v) is 4.44. The maximum absolute atomic E-state index is 10.8. The molecule has 0 aliphatic heterocycles. The molecule has 0 unspecified atom stereocenters. The van der Waals surface area contributed by atoms with Crippen molar-refractivity contribution in [3.05, 3.63) is 0 Å². The Morgan fingerprint density at radius 1 is 1.40 bits per heavy atom. The molecule has 0 aromatic carbocycles. The van der Waals surface area contributed by atoms with Crippen LogP contribution in [0, 0.1) is 5.92 Å². The van der Waals surface area contributed by atoms with Crippen molar-refractivity contribution >= 4 is 17.4 Å². The minimum absolute atomic E-state index is 0.436. The van der Waals surface area contributed by atoms with Gasteiger partial charge in [-0.1, -0.05) is 0 Å². The Kier molecular flexibility index (Phi) is 3.20. The molecule has 0 aromatic rings. The summed E-state index contributed by atoms with van der Waals surface area (Å²) in [6.07, 6.45) is 4.83. The Hall–Kier alpha value is -0.0400. The van der Waals surface area contributed by atoms with Gasteiger partial charge in [0.25, 0.3) is 0 Å². The van der Waals surface area contributed by atoms with E-state index in [2.05, 4.69) is 0 Å². The van der Waals surface area contributed by atoms with Crippen molar-refractivity contribution in [2.45, 2.75) is 32.1 Å². The van der Waals surface area contributed by atoms with Crippen molar-refractivity contribution in [2.24, 2.45) is 5.92 Å². The third-order valence-corrected chi connectivity index (χ3v) is 2.40. The van der Waals surface area contributed by atoms with E-state index in [0.29, 0.717) is 5.78 Å². The fraction of sp³-hybridized carbons (Fsp3) is 0.875. The maximum Gasteiger partial charge on any atom is 0.132 e. The van der Waals surface area contributed by atoms with Gasteiger partial charge < -0.3 is 0 Å². The molecular formula is C8H13ClO. The molecule has 0 spiro atoms. The normalized spacial score (nSPS) is 21.5. The van der Waals surface area contributed by atoms with Gasteiger partial charge in [-0.05, 0) is 25.2 Å². The average molecular weight is 161 g/mol. The SMILES string of the molecule is O=C1CCC(CCCl)CC1. The first-order chi connectivity index (χ1) is 4.83. The standard InChI is InChI=1S/C8H13ClO/c9-6-5-7-1-3-8(10)4-2-7/h7H,1-6H2. The molecule has 10 heavy (non-hydrogen) atoms. The van der Waals surface area contributed by atoms with Crippen LogP contribution in [0.4, 0.5) is 0 Å². The molecule has 1 aliphatic carbocycles. The molecule has 1 fully saturated rings. The molecule has 0 aromatic heterocycles. The van der Waals surface area contributed by atoms with Gasteiger partial charge in [0.15, 0.2) is 0 Å². The van der Waals surface area contributed by atoms with E-state index in [1.165, 1.54) is 0 Å². The molecule has 58 valence electrons. The van der Waals surface area contributed by atoms with Crippen LogP contribution in [0.25, 0.3) is 0 Å². The molecule has 0 amide bonds. The first kappa shape index (κ1) is 8.06. The summed E-state index contributed by atoms with van der Waals surface area (Å²) < 4.78 is 0. The van der Waals surface area contributed by atoms with Gasteiger partial charge in [-0.25, -0.2) is 0 Å². The number of carbonyl (C=O) groups excluding carboxylic acids is 1. The predicted molar refractivity (Wildman–Crippen MR) is 42.3 cm³/mol. The minimum atomic E-state index is 0.436. The number of rotatable bonds is 2. The lowest BCUT2D eigenvalue weighted by molar-refractivity contribution is -0.121. The van der Waals surface area contributed by atoms with Gasteiger partial charge in [0.2, 0.25) is 0 Å². The highest BCUT2D eigenvalue weighted by atomic mass is 35.5. The largest absolute Gasteiger partial charge is 0.300 e. The number of ketones is 1. The van der Waals surface area contributed by atoms with Crippen LogP contribution in [0.1, 0.15) is 32.1 Å². The van der Waals surface area contributed by atoms with E-state index in [9.17, 15) is 4.79 Å². The molecule has 0 atom stereocenters. The average Bonchev–Trinajstić information content (AvgIpc) is 1.95. The second-order valence-electron chi connectivity index (χ2n) is 2.96. The molecule has 1 rings (SSSR count). The highest BCUT2D eigenvalue weighted by molar-refractivity contribution is 6.17. The van der Waals surface area contributed by atoms with E-state index < -0.39 is 0 Å². The summed E-state index contributed by atoms with van der Waals surface area (Å²) in [5, 5.41) is 0. The Bertz CT molecular complexity index is 112. The molecule has 1 aliphatic rings. The van der Waals surface area contributed by atoms with Gasteiger partial charge in [-0.15, -0.1) is 11.6 Å². The molecule has 1 nitrogen and oxygen atoms in total. The van der Waals surface area contributed by atoms with Crippen molar-refractivity contribution < 1.29 is 4.79 Å². The van der Waals surface area contributed by atoms with Crippen LogP contribution in [0.15, 0.2) is 0 Å². The summed E-state index contributed by atoms with van der Waals surface area (Å²) in [6.45, 7) is 0. The molecule has 0 bridgehead atoms. The lowest BCUT2D eigenvalue weighted by atomic mass is 9.87. The molecular weight excluding hydrogens is 148 g/mol. The summed E-state index contributed by atoms with van der Waals surface area (Å²) in [5.74, 6) is 1.92. The number of hydrogen-bond acceptors (Lipinski definition) is 1. The summed E-state index contributed by atoms with van der Waals surface area (Å²) in [7, 11) is 0. The topological polar surface area (TPSA) is 17.1 Å². The van der Waals surface area contributed by atoms with E-state index >= 15 is 0 Å². The quantitative estimate of drug-likeness (QED) is 0.567. The third-order valence-electron chi connectivity index (χ3n) is 2.18. The van der Waals surface area contributed by atoms with Crippen LogP contribution in [-0.2, 0) is 4.79 Å². The van der Waals surface area contributed by atoms with Crippen molar-refractivity contribution in [3.63, 3.8) is 0 Å². The van der Waals surface area contributed by atoms with Gasteiger partial charge in [0.05, 0.1) is 0 Å². The highest BCUT2D eigenvalue weighted by Gasteiger charge is 2.17. The van der Waals surface area contributed by atoms with Crippen molar-refractivity contribution in [1.29, 1.82) is 0 Å². The molecule has 0 radical (unpaired) electrons. The highest BCUT2D eigenvalue weighted by Crippen LogP contribution is 2.24. The number of Topliss-reactive ketones (excluding diaryl/α,β-unsaturated/α-hetero) is 1. The van der Waals surface area contributed by atoms with Crippen LogP contribution in [-0.4, -0.2) is 11.7 Å². The fourth-order valence-electron chi connectivity index (χ4n) is 1.44. The van der Waals surface area contributed by atoms with Crippen LogP contribution in [0.3, 0.4) is 0 Å². The summed E-state index contributed by atoms with van der Waals surface area (Å²) in [4.78, 5) is 10.8. The van der Waals surface area contributed by atoms with Crippen molar-refractivity contribution in [3.8, 4) is 0 Å². The molecule has 0 heterocycles. The number of carbonyl (C=O) groups is 1. The Morgan fingerprint density at radius 3 is 2.50 bits per heavy atom. The molecule has 0 N–H and O–H groups in total. The smallest absolute Gasteiger partial charge is 0.132 e. The number of halogens is 1. The molecule has 2 heteroatoms. The lowest BCUT2D eigenvalue weighted by Gasteiger charge is -2.19. The first-order valence-electron chi connectivity index (χ1n) is 3.90. The Balaban J connectivity index is 2.19. The fourth-order valence-corrected chi connectivity index (χ4v) is 1.75. The van der Waals surface area contributed by atoms with Gasteiger partial charge in [-0.2, -0.15) is 0 Å². The second kappa shape index (κ2) is 3.97. The Labute approximate surface area is 66.8 Å². The summed E-state index contributed by atoms with van der Waals surface area (Å²) in [6, 6.07) is 0. The van der Waals surface area contributed by atoms with Gasteiger partial charge in [0.1, 0.15) is 5.78 Å². The second-order valence-corrected chi connectivity index (χ2v) is 3.34. The van der Waals surface area contributed by atoms with Gasteiger partial charge in [0, 0.05) is 18.7 Å².